The Morgan fingerprint density at radius 1 is 1.50 bits per heavy atom. The number of nitrogens with zero attached hydrogens (tertiary/aromatic N) is 4. The molecule has 1 aliphatic carbocycles. The molecule has 0 aliphatic heterocycles. The Morgan fingerprint density at radius 3 is 2.80 bits per heavy atom. The van der Waals surface area contributed by atoms with Gasteiger partial charge in [0.2, 0.25) is 0 Å². The molecule has 0 radical (unpaired) electrons. The van der Waals surface area contributed by atoms with Crippen LogP contribution < -0.4 is 0 Å². The van der Waals surface area contributed by atoms with Crippen molar-refractivity contribution in [2.75, 3.05) is 0 Å². The van der Waals surface area contributed by atoms with E-state index in [1.54, 1.807) is 12.1 Å². The van der Waals surface area contributed by atoms with E-state index in [1.165, 1.54) is 10.7 Å². The number of carboxylic acids is 1. The first-order chi connectivity index (χ1) is 9.60. The fourth-order valence-electron chi connectivity index (χ4n) is 1.95. The van der Waals surface area contributed by atoms with Gasteiger partial charge >= 0.3 is 5.97 Å². The molecule has 20 heavy (non-hydrogen) atoms. The Morgan fingerprint density at radius 2 is 2.25 bits per heavy atom. The van der Waals surface area contributed by atoms with Gasteiger partial charge in [-0.25, -0.2) is 14.5 Å². The number of aromatic nitrogens is 3. The van der Waals surface area contributed by atoms with E-state index in [1.807, 2.05) is 6.07 Å². The molecule has 7 heteroatoms. The van der Waals surface area contributed by atoms with Crippen molar-refractivity contribution in [3.63, 3.8) is 0 Å². The van der Waals surface area contributed by atoms with Crippen LogP contribution in [0.5, 0.6) is 0 Å². The SMILES string of the molecule is N#Cc1ccc(-n2nc(C(=O)O)nc2C2CC2)c(Cl)c1. The average molecular weight is 289 g/mol. The predicted octanol–water partition coefficient (Wildman–Crippen LogP) is 2.37. The summed E-state index contributed by atoms with van der Waals surface area (Å²) in [4.78, 5) is 15.1. The molecule has 1 N–H and O–H groups in total. The molecule has 1 aliphatic rings. The molecule has 0 atom stereocenters. The molecule has 0 unspecified atom stereocenters. The highest BCUT2D eigenvalue weighted by molar-refractivity contribution is 6.32. The predicted molar refractivity (Wildman–Crippen MR) is 70.0 cm³/mol. The summed E-state index contributed by atoms with van der Waals surface area (Å²) in [5.74, 6) is -0.584. The highest BCUT2D eigenvalue weighted by Crippen LogP contribution is 2.40. The lowest BCUT2D eigenvalue weighted by Gasteiger charge is -2.07. The number of aromatic carboxylic acids is 1. The van der Waals surface area contributed by atoms with Crippen LogP contribution in [0.25, 0.3) is 5.69 Å². The zero-order valence-corrected chi connectivity index (χ0v) is 11.0. The molecule has 1 fully saturated rings. The number of hydrogen-bond acceptors (Lipinski definition) is 4. The number of carboxylic acid groups (broad SMARTS) is 1. The number of halogens is 1. The fourth-order valence-corrected chi connectivity index (χ4v) is 2.21. The second kappa shape index (κ2) is 4.62. The first-order valence-electron chi connectivity index (χ1n) is 6.00. The van der Waals surface area contributed by atoms with Crippen LogP contribution in [0.15, 0.2) is 18.2 Å². The van der Waals surface area contributed by atoms with E-state index in [0.29, 0.717) is 22.1 Å². The lowest BCUT2D eigenvalue weighted by atomic mass is 10.2. The lowest BCUT2D eigenvalue weighted by molar-refractivity contribution is 0.0683. The van der Waals surface area contributed by atoms with Crippen LogP contribution >= 0.6 is 11.6 Å². The molecular formula is C13H9ClN4O2. The van der Waals surface area contributed by atoms with Crippen LogP contribution in [0, 0.1) is 11.3 Å². The molecule has 1 heterocycles. The lowest BCUT2D eigenvalue weighted by Crippen LogP contribution is -2.04. The molecule has 3 rings (SSSR count). The van der Waals surface area contributed by atoms with Crippen molar-refractivity contribution in [3.8, 4) is 11.8 Å². The molecular weight excluding hydrogens is 280 g/mol. The quantitative estimate of drug-likeness (QED) is 0.936. The Kier molecular flexibility index (Phi) is 2.92. The van der Waals surface area contributed by atoms with Gasteiger partial charge in [0.25, 0.3) is 5.82 Å². The van der Waals surface area contributed by atoms with Crippen LogP contribution in [-0.4, -0.2) is 25.8 Å². The van der Waals surface area contributed by atoms with E-state index in [2.05, 4.69) is 10.1 Å². The van der Waals surface area contributed by atoms with E-state index in [-0.39, 0.29) is 11.7 Å². The summed E-state index contributed by atoms with van der Waals surface area (Å²) >= 11 is 6.14. The minimum atomic E-state index is -1.17. The molecule has 0 saturated heterocycles. The summed E-state index contributed by atoms with van der Waals surface area (Å²) in [5.41, 5.74) is 0.970. The summed E-state index contributed by atoms with van der Waals surface area (Å²) in [7, 11) is 0. The summed E-state index contributed by atoms with van der Waals surface area (Å²) in [6.07, 6.45) is 1.93. The summed E-state index contributed by atoms with van der Waals surface area (Å²) in [5, 5.41) is 22.2. The molecule has 100 valence electrons. The van der Waals surface area contributed by atoms with Crippen molar-refractivity contribution in [2.45, 2.75) is 18.8 Å². The van der Waals surface area contributed by atoms with Crippen molar-refractivity contribution >= 4 is 17.6 Å². The third-order valence-corrected chi connectivity index (χ3v) is 3.37. The Bertz CT molecular complexity index is 743. The van der Waals surface area contributed by atoms with Crippen molar-refractivity contribution in [2.24, 2.45) is 0 Å². The molecule has 0 bridgehead atoms. The van der Waals surface area contributed by atoms with Crippen molar-refractivity contribution < 1.29 is 9.90 Å². The monoisotopic (exact) mass is 288 g/mol. The van der Waals surface area contributed by atoms with Gasteiger partial charge in [0.1, 0.15) is 5.82 Å². The number of hydrogen-bond donors (Lipinski definition) is 1. The van der Waals surface area contributed by atoms with Gasteiger partial charge in [0, 0.05) is 5.92 Å². The second-order valence-electron chi connectivity index (χ2n) is 4.56. The molecule has 2 aromatic rings. The van der Waals surface area contributed by atoms with Crippen LogP contribution in [0.4, 0.5) is 0 Å². The van der Waals surface area contributed by atoms with E-state index in [9.17, 15) is 4.79 Å². The van der Waals surface area contributed by atoms with Gasteiger partial charge < -0.3 is 5.11 Å². The molecule has 1 aromatic heterocycles. The van der Waals surface area contributed by atoms with E-state index in [4.69, 9.17) is 22.0 Å². The second-order valence-corrected chi connectivity index (χ2v) is 4.97. The van der Waals surface area contributed by atoms with Gasteiger partial charge in [-0.3, -0.25) is 0 Å². The normalized spacial score (nSPS) is 14.0. The maximum atomic E-state index is 11.0. The van der Waals surface area contributed by atoms with Crippen molar-refractivity contribution in [1.29, 1.82) is 5.26 Å². The average Bonchev–Trinajstić information content (AvgIpc) is 3.17. The Hall–Kier alpha value is -2.39. The maximum absolute atomic E-state index is 11.0. The Labute approximate surface area is 119 Å². The van der Waals surface area contributed by atoms with Crippen molar-refractivity contribution in [3.05, 3.63) is 40.4 Å². The highest BCUT2D eigenvalue weighted by atomic mass is 35.5. The van der Waals surface area contributed by atoms with Crippen molar-refractivity contribution in [1.82, 2.24) is 14.8 Å². The van der Waals surface area contributed by atoms with Gasteiger partial charge in [0.15, 0.2) is 0 Å². The number of rotatable bonds is 3. The molecule has 0 amide bonds. The smallest absolute Gasteiger partial charge is 0.375 e. The van der Waals surface area contributed by atoms with Gasteiger partial charge in [-0.05, 0) is 31.0 Å². The van der Waals surface area contributed by atoms with Crippen LogP contribution in [0.2, 0.25) is 5.02 Å². The maximum Gasteiger partial charge on any atom is 0.375 e. The summed E-state index contributed by atoms with van der Waals surface area (Å²) in [6.45, 7) is 0. The van der Waals surface area contributed by atoms with Crippen LogP contribution in [0.3, 0.4) is 0 Å². The minimum absolute atomic E-state index is 0.224. The van der Waals surface area contributed by atoms with E-state index >= 15 is 0 Å². The zero-order chi connectivity index (χ0) is 14.3. The van der Waals surface area contributed by atoms with Crippen LogP contribution in [-0.2, 0) is 0 Å². The number of carbonyl (C=O) groups is 1. The van der Waals surface area contributed by atoms with Gasteiger partial charge in [-0.2, -0.15) is 5.26 Å². The molecule has 0 spiro atoms. The number of benzene rings is 1. The Balaban J connectivity index is 2.14. The van der Waals surface area contributed by atoms with E-state index in [0.717, 1.165) is 12.8 Å². The third kappa shape index (κ3) is 2.12. The fraction of sp³-hybridized carbons (Fsp3) is 0.231. The third-order valence-electron chi connectivity index (χ3n) is 3.07. The zero-order valence-electron chi connectivity index (χ0n) is 10.2. The first kappa shape index (κ1) is 12.6. The van der Waals surface area contributed by atoms with Gasteiger partial charge in [0.05, 0.1) is 22.3 Å². The summed E-state index contributed by atoms with van der Waals surface area (Å²) in [6, 6.07) is 6.78. The first-order valence-corrected chi connectivity index (χ1v) is 6.38. The molecule has 1 saturated carbocycles. The minimum Gasteiger partial charge on any atom is -0.475 e. The largest absolute Gasteiger partial charge is 0.475 e. The van der Waals surface area contributed by atoms with E-state index < -0.39 is 5.97 Å². The summed E-state index contributed by atoms with van der Waals surface area (Å²) < 4.78 is 1.46. The molecule has 6 nitrogen and oxygen atoms in total. The van der Waals surface area contributed by atoms with Gasteiger partial charge in [-0.1, -0.05) is 11.6 Å². The topological polar surface area (TPSA) is 91.8 Å². The molecule has 1 aromatic carbocycles. The standard InChI is InChI=1S/C13H9ClN4O2/c14-9-5-7(6-15)1-4-10(9)18-12(8-2-3-8)16-11(17-18)13(19)20/h1,4-5,8H,2-3H2,(H,19,20). The van der Waals surface area contributed by atoms with Crippen LogP contribution in [0.1, 0.15) is 40.8 Å². The number of nitriles is 1. The highest BCUT2D eigenvalue weighted by Gasteiger charge is 2.32. The van der Waals surface area contributed by atoms with Gasteiger partial charge in [-0.15, -0.1) is 5.10 Å².